The molecule has 1 aromatic rings. The van der Waals surface area contributed by atoms with Crippen LogP contribution < -0.4 is 9.47 Å². The number of ether oxygens (including phenoxy) is 2. The highest BCUT2D eigenvalue weighted by atomic mass is 16.7. The van der Waals surface area contributed by atoms with Crippen LogP contribution in [0.5, 0.6) is 11.5 Å². The van der Waals surface area contributed by atoms with Crippen molar-refractivity contribution in [3.63, 3.8) is 0 Å². The van der Waals surface area contributed by atoms with Gasteiger partial charge in [0.2, 0.25) is 0 Å². The molecular weight excluding hydrogens is 188 g/mol. The van der Waals surface area contributed by atoms with E-state index in [4.69, 9.17) is 9.47 Å². The maximum atomic E-state index is 5.87. The molecule has 2 rings (SSSR count). The third kappa shape index (κ3) is 1.60. The summed E-state index contributed by atoms with van der Waals surface area (Å²) in [5.74, 6) is 1.21. The Balaban J connectivity index is 2.34. The second-order valence-corrected chi connectivity index (χ2v) is 3.73. The van der Waals surface area contributed by atoms with Gasteiger partial charge in [-0.1, -0.05) is 32.6 Å². The first kappa shape index (κ1) is 10.1. The summed E-state index contributed by atoms with van der Waals surface area (Å²) in [5, 5.41) is 0. The molecule has 0 aromatic heterocycles. The summed E-state index contributed by atoms with van der Waals surface area (Å²) in [6, 6.07) is 5.89. The molecule has 0 amide bonds. The van der Waals surface area contributed by atoms with Gasteiger partial charge in [-0.15, -0.1) is 0 Å². The Morgan fingerprint density at radius 2 is 1.87 bits per heavy atom. The molecule has 0 radical (unpaired) electrons. The molecule has 0 fully saturated rings. The van der Waals surface area contributed by atoms with Crippen LogP contribution in [0.3, 0.4) is 0 Å². The summed E-state index contributed by atoms with van der Waals surface area (Å²) in [6.45, 7) is 7.88. The zero-order valence-electron chi connectivity index (χ0n) is 9.25. The Kier molecular flexibility index (Phi) is 2.43. The highest BCUT2D eigenvalue weighted by Gasteiger charge is 2.37. The first-order valence-corrected chi connectivity index (χ1v) is 5.37. The SMILES string of the molecule is C=Cc1ccc2c(c1)OC(CC)(CC)O2. The van der Waals surface area contributed by atoms with Gasteiger partial charge in [-0.2, -0.15) is 0 Å². The molecule has 0 atom stereocenters. The van der Waals surface area contributed by atoms with Gasteiger partial charge in [0.1, 0.15) is 0 Å². The molecule has 0 aliphatic carbocycles. The van der Waals surface area contributed by atoms with Crippen LogP contribution in [0.15, 0.2) is 24.8 Å². The number of hydrogen-bond donors (Lipinski definition) is 0. The van der Waals surface area contributed by atoms with E-state index < -0.39 is 5.79 Å². The summed E-state index contributed by atoms with van der Waals surface area (Å²) < 4.78 is 11.7. The van der Waals surface area contributed by atoms with E-state index in [2.05, 4.69) is 20.4 Å². The van der Waals surface area contributed by atoms with E-state index in [1.165, 1.54) is 0 Å². The minimum absolute atomic E-state index is 0.456. The normalized spacial score (nSPS) is 16.4. The van der Waals surface area contributed by atoms with Gasteiger partial charge in [-0.05, 0) is 17.7 Å². The van der Waals surface area contributed by atoms with E-state index in [0.717, 1.165) is 29.9 Å². The van der Waals surface area contributed by atoms with Crippen molar-refractivity contribution < 1.29 is 9.47 Å². The molecule has 0 spiro atoms. The van der Waals surface area contributed by atoms with Gasteiger partial charge < -0.3 is 9.47 Å². The van der Waals surface area contributed by atoms with Crippen molar-refractivity contribution in [2.75, 3.05) is 0 Å². The van der Waals surface area contributed by atoms with Gasteiger partial charge in [0.15, 0.2) is 11.5 Å². The van der Waals surface area contributed by atoms with Crippen molar-refractivity contribution in [3.8, 4) is 11.5 Å². The van der Waals surface area contributed by atoms with Crippen molar-refractivity contribution in [1.29, 1.82) is 0 Å². The van der Waals surface area contributed by atoms with E-state index in [1.807, 2.05) is 24.3 Å². The molecule has 80 valence electrons. The third-order valence-electron chi connectivity index (χ3n) is 2.87. The maximum absolute atomic E-state index is 5.87. The molecule has 1 aromatic carbocycles. The highest BCUT2D eigenvalue weighted by Crippen LogP contribution is 2.42. The Bertz CT molecular complexity index is 378. The second kappa shape index (κ2) is 3.61. The predicted molar refractivity (Wildman–Crippen MR) is 61.1 cm³/mol. The lowest BCUT2D eigenvalue weighted by Gasteiger charge is -2.24. The molecule has 0 saturated carbocycles. The monoisotopic (exact) mass is 204 g/mol. The molecule has 2 heteroatoms. The van der Waals surface area contributed by atoms with Gasteiger partial charge in [0.05, 0.1) is 0 Å². The molecule has 1 aliphatic heterocycles. The standard InChI is InChI=1S/C13H16O2/c1-4-10-7-8-11-12(9-10)15-13(5-2,6-3)14-11/h4,7-9H,1,5-6H2,2-3H3. The van der Waals surface area contributed by atoms with Crippen LogP contribution in [-0.2, 0) is 0 Å². The van der Waals surface area contributed by atoms with Crippen LogP contribution in [0, 0.1) is 0 Å². The Morgan fingerprint density at radius 1 is 1.20 bits per heavy atom. The van der Waals surface area contributed by atoms with Crippen LogP contribution in [0.2, 0.25) is 0 Å². The van der Waals surface area contributed by atoms with E-state index in [1.54, 1.807) is 0 Å². The van der Waals surface area contributed by atoms with E-state index >= 15 is 0 Å². The fourth-order valence-electron chi connectivity index (χ4n) is 1.78. The third-order valence-corrected chi connectivity index (χ3v) is 2.87. The summed E-state index contributed by atoms with van der Waals surface area (Å²) >= 11 is 0. The lowest BCUT2D eigenvalue weighted by atomic mass is 10.1. The topological polar surface area (TPSA) is 18.5 Å². The number of benzene rings is 1. The Morgan fingerprint density at radius 3 is 2.47 bits per heavy atom. The molecule has 0 saturated heterocycles. The Labute approximate surface area is 90.5 Å². The summed E-state index contributed by atoms with van der Waals surface area (Å²) in [5.41, 5.74) is 1.06. The number of hydrogen-bond acceptors (Lipinski definition) is 2. The van der Waals surface area contributed by atoms with Crippen molar-refractivity contribution in [3.05, 3.63) is 30.3 Å². The van der Waals surface area contributed by atoms with Crippen LogP contribution in [-0.4, -0.2) is 5.79 Å². The van der Waals surface area contributed by atoms with Crippen LogP contribution in [0.4, 0.5) is 0 Å². The van der Waals surface area contributed by atoms with Crippen molar-refractivity contribution in [2.24, 2.45) is 0 Å². The second-order valence-electron chi connectivity index (χ2n) is 3.73. The fourth-order valence-corrected chi connectivity index (χ4v) is 1.78. The van der Waals surface area contributed by atoms with Gasteiger partial charge in [0.25, 0.3) is 5.79 Å². The lowest BCUT2D eigenvalue weighted by Crippen LogP contribution is -2.36. The van der Waals surface area contributed by atoms with Crippen LogP contribution >= 0.6 is 0 Å². The summed E-state index contributed by atoms with van der Waals surface area (Å²) in [4.78, 5) is 0. The minimum atomic E-state index is -0.456. The average Bonchev–Trinajstić information content (AvgIpc) is 2.67. The fraction of sp³-hybridized carbons (Fsp3) is 0.385. The molecule has 2 nitrogen and oxygen atoms in total. The molecule has 1 aliphatic rings. The molecule has 0 N–H and O–H groups in total. The number of fused-ring (bicyclic) bond motifs is 1. The van der Waals surface area contributed by atoms with Gasteiger partial charge >= 0.3 is 0 Å². The maximum Gasteiger partial charge on any atom is 0.251 e. The van der Waals surface area contributed by atoms with E-state index in [-0.39, 0.29) is 0 Å². The average molecular weight is 204 g/mol. The smallest absolute Gasteiger partial charge is 0.251 e. The zero-order valence-corrected chi connectivity index (χ0v) is 9.25. The molecule has 1 heterocycles. The number of rotatable bonds is 3. The molecule has 0 unspecified atom stereocenters. The van der Waals surface area contributed by atoms with E-state index in [9.17, 15) is 0 Å². The first-order valence-electron chi connectivity index (χ1n) is 5.37. The largest absolute Gasteiger partial charge is 0.448 e. The Hall–Kier alpha value is -1.44. The summed E-state index contributed by atoms with van der Waals surface area (Å²) in [7, 11) is 0. The van der Waals surface area contributed by atoms with Gasteiger partial charge in [0, 0.05) is 12.8 Å². The predicted octanol–water partition coefficient (Wildman–Crippen LogP) is 3.62. The quantitative estimate of drug-likeness (QED) is 0.748. The minimum Gasteiger partial charge on any atom is -0.448 e. The first-order chi connectivity index (χ1) is 7.23. The van der Waals surface area contributed by atoms with Crippen molar-refractivity contribution >= 4 is 6.08 Å². The molecular formula is C13H16O2. The van der Waals surface area contributed by atoms with Gasteiger partial charge in [-0.3, -0.25) is 0 Å². The van der Waals surface area contributed by atoms with Crippen LogP contribution in [0.1, 0.15) is 32.3 Å². The highest BCUT2D eigenvalue weighted by molar-refractivity contribution is 5.55. The van der Waals surface area contributed by atoms with Crippen molar-refractivity contribution in [1.82, 2.24) is 0 Å². The van der Waals surface area contributed by atoms with Crippen LogP contribution in [0.25, 0.3) is 6.08 Å². The van der Waals surface area contributed by atoms with Crippen molar-refractivity contribution in [2.45, 2.75) is 32.5 Å². The molecule has 0 bridgehead atoms. The zero-order chi connectivity index (χ0) is 10.9. The van der Waals surface area contributed by atoms with Gasteiger partial charge in [-0.25, -0.2) is 0 Å². The molecule has 15 heavy (non-hydrogen) atoms. The summed E-state index contributed by atoms with van der Waals surface area (Å²) in [6.07, 6.45) is 3.50. The van der Waals surface area contributed by atoms with E-state index in [0.29, 0.717) is 0 Å². The lowest BCUT2D eigenvalue weighted by molar-refractivity contribution is -0.0843.